The number of carbonyl (C=O) groups is 2. The summed E-state index contributed by atoms with van der Waals surface area (Å²) in [6, 6.07) is 17.1. The van der Waals surface area contributed by atoms with Gasteiger partial charge in [0.05, 0.1) is 5.56 Å². The third-order valence-corrected chi connectivity index (χ3v) is 5.21. The van der Waals surface area contributed by atoms with Gasteiger partial charge in [-0.05, 0) is 47.5 Å². The summed E-state index contributed by atoms with van der Waals surface area (Å²) in [5, 5.41) is 0. The van der Waals surface area contributed by atoms with Gasteiger partial charge in [-0.3, -0.25) is 4.79 Å². The van der Waals surface area contributed by atoms with Crippen LogP contribution in [0.2, 0.25) is 0 Å². The zero-order valence-electron chi connectivity index (χ0n) is 12.6. The molecule has 3 aromatic rings. The molecule has 1 amide bonds. The quantitative estimate of drug-likeness (QED) is 0.739. The molecule has 24 heavy (non-hydrogen) atoms. The van der Waals surface area contributed by atoms with Gasteiger partial charge in [-0.25, -0.2) is 4.79 Å². The van der Waals surface area contributed by atoms with Crippen LogP contribution < -0.4 is 5.73 Å². The molecule has 0 radical (unpaired) electrons. The second-order valence-electron chi connectivity index (χ2n) is 5.55. The molecule has 0 saturated heterocycles. The minimum Gasteiger partial charge on any atom is -0.457 e. The van der Waals surface area contributed by atoms with Crippen LogP contribution in [0.25, 0.3) is 20.9 Å². The molecule has 0 bridgehead atoms. The maximum Gasteiger partial charge on any atom is 0.338 e. The SMILES string of the molecule is NC(=O)c1ccc(-c2ccc(-c3ccc4c(c3)COC4=O)s2)cc1. The van der Waals surface area contributed by atoms with E-state index in [1.807, 2.05) is 36.4 Å². The number of primary amides is 1. The second-order valence-corrected chi connectivity index (χ2v) is 6.64. The highest BCUT2D eigenvalue weighted by Gasteiger charge is 2.21. The Morgan fingerprint density at radius 1 is 0.958 bits per heavy atom. The van der Waals surface area contributed by atoms with Gasteiger partial charge in [-0.15, -0.1) is 11.3 Å². The van der Waals surface area contributed by atoms with Gasteiger partial charge in [0.25, 0.3) is 0 Å². The van der Waals surface area contributed by atoms with Gasteiger partial charge in [-0.1, -0.05) is 18.2 Å². The lowest BCUT2D eigenvalue weighted by Gasteiger charge is -2.01. The van der Waals surface area contributed by atoms with Crippen molar-refractivity contribution in [2.24, 2.45) is 5.73 Å². The van der Waals surface area contributed by atoms with E-state index in [4.69, 9.17) is 10.5 Å². The normalized spacial score (nSPS) is 12.8. The van der Waals surface area contributed by atoms with Gasteiger partial charge in [0, 0.05) is 20.9 Å². The Bertz CT molecular complexity index is 957. The Balaban J connectivity index is 1.65. The van der Waals surface area contributed by atoms with Gasteiger partial charge in [0.1, 0.15) is 6.61 Å². The monoisotopic (exact) mass is 335 g/mol. The Kier molecular flexibility index (Phi) is 3.43. The molecule has 118 valence electrons. The highest BCUT2D eigenvalue weighted by atomic mass is 32.1. The van der Waals surface area contributed by atoms with E-state index >= 15 is 0 Å². The standard InChI is InChI=1S/C19H13NO3S/c20-18(21)12-3-1-11(2-4-12)16-7-8-17(24-16)13-5-6-15-14(9-13)10-23-19(15)22/h1-9H,10H2,(H2,20,21). The molecule has 5 heteroatoms. The summed E-state index contributed by atoms with van der Waals surface area (Å²) in [7, 11) is 0. The van der Waals surface area contributed by atoms with E-state index in [1.54, 1.807) is 23.5 Å². The number of rotatable bonds is 3. The first-order valence-corrected chi connectivity index (χ1v) is 8.24. The van der Waals surface area contributed by atoms with Crippen LogP contribution in [0.15, 0.2) is 54.6 Å². The number of hydrogen-bond acceptors (Lipinski definition) is 4. The van der Waals surface area contributed by atoms with Crippen LogP contribution in [0.1, 0.15) is 26.3 Å². The number of ether oxygens (including phenoxy) is 1. The molecule has 4 nitrogen and oxygen atoms in total. The zero-order chi connectivity index (χ0) is 16.7. The smallest absolute Gasteiger partial charge is 0.338 e. The minimum atomic E-state index is -0.427. The lowest BCUT2D eigenvalue weighted by molar-refractivity contribution is 0.0535. The van der Waals surface area contributed by atoms with Crippen molar-refractivity contribution in [2.45, 2.75) is 6.61 Å². The van der Waals surface area contributed by atoms with Crippen molar-refractivity contribution in [2.75, 3.05) is 0 Å². The summed E-state index contributed by atoms with van der Waals surface area (Å²) in [6.45, 7) is 0.342. The fourth-order valence-corrected chi connectivity index (χ4v) is 3.74. The number of hydrogen-bond donors (Lipinski definition) is 1. The lowest BCUT2D eigenvalue weighted by Crippen LogP contribution is -2.10. The summed E-state index contributed by atoms with van der Waals surface area (Å²) in [5.41, 5.74) is 9.45. The van der Waals surface area contributed by atoms with Crippen LogP contribution in [0.4, 0.5) is 0 Å². The molecule has 0 atom stereocenters. The Morgan fingerprint density at radius 3 is 2.33 bits per heavy atom. The van der Waals surface area contributed by atoms with Crippen molar-refractivity contribution in [3.05, 3.63) is 71.3 Å². The van der Waals surface area contributed by atoms with Gasteiger partial charge < -0.3 is 10.5 Å². The molecule has 1 aliphatic rings. The molecule has 2 heterocycles. The maximum atomic E-state index is 11.5. The topological polar surface area (TPSA) is 69.4 Å². The number of amides is 1. The Hall–Kier alpha value is -2.92. The first-order valence-electron chi connectivity index (χ1n) is 7.42. The van der Waals surface area contributed by atoms with Crippen molar-refractivity contribution in [3.63, 3.8) is 0 Å². The van der Waals surface area contributed by atoms with Gasteiger partial charge in [0.15, 0.2) is 0 Å². The Labute approximate surface area is 142 Å². The zero-order valence-corrected chi connectivity index (χ0v) is 13.4. The van der Waals surface area contributed by atoms with E-state index in [0.717, 1.165) is 26.4 Å². The van der Waals surface area contributed by atoms with Gasteiger partial charge in [0.2, 0.25) is 5.91 Å². The van der Waals surface area contributed by atoms with Crippen molar-refractivity contribution < 1.29 is 14.3 Å². The molecule has 2 N–H and O–H groups in total. The Morgan fingerprint density at radius 2 is 1.62 bits per heavy atom. The predicted octanol–water partition coefficient (Wildman–Crippen LogP) is 3.85. The van der Waals surface area contributed by atoms with Gasteiger partial charge >= 0.3 is 5.97 Å². The first-order chi connectivity index (χ1) is 11.6. The van der Waals surface area contributed by atoms with Crippen LogP contribution in [-0.4, -0.2) is 11.9 Å². The van der Waals surface area contributed by atoms with E-state index in [0.29, 0.717) is 17.7 Å². The fourth-order valence-electron chi connectivity index (χ4n) is 2.73. The average Bonchev–Trinajstić information content (AvgIpc) is 3.22. The molecule has 0 aliphatic carbocycles. The number of benzene rings is 2. The third-order valence-electron chi connectivity index (χ3n) is 4.03. The van der Waals surface area contributed by atoms with Crippen molar-refractivity contribution in [3.8, 4) is 20.9 Å². The molecule has 0 saturated carbocycles. The summed E-state index contributed by atoms with van der Waals surface area (Å²) >= 11 is 1.66. The van der Waals surface area contributed by atoms with Gasteiger partial charge in [-0.2, -0.15) is 0 Å². The van der Waals surface area contributed by atoms with Crippen molar-refractivity contribution in [1.82, 2.24) is 0 Å². The third kappa shape index (κ3) is 2.49. The summed E-state index contributed by atoms with van der Waals surface area (Å²) in [4.78, 5) is 24.9. The molecule has 1 aromatic heterocycles. The number of cyclic esters (lactones) is 1. The number of nitrogens with two attached hydrogens (primary N) is 1. The van der Waals surface area contributed by atoms with Crippen LogP contribution in [-0.2, 0) is 11.3 Å². The highest BCUT2D eigenvalue weighted by molar-refractivity contribution is 7.18. The van der Waals surface area contributed by atoms with Crippen molar-refractivity contribution >= 4 is 23.2 Å². The molecule has 1 aliphatic heterocycles. The molecule has 2 aromatic carbocycles. The highest BCUT2D eigenvalue weighted by Crippen LogP contribution is 2.36. The lowest BCUT2D eigenvalue weighted by atomic mass is 10.1. The van der Waals surface area contributed by atoms with E-state index < -0.39 is 5.91 Å². The average molecular weight is 335 g/mol. The second kappa shape index (κ2) is 5.62. The number of carbonyl (C=O) groups excluding carboxylic acids is 2. The van der Waals surface area contributed by atoms with Crippen LogP contribution in [0, 0.1) is 0 Å². The molecule has 0 spiro atoms. The molecule has 0 unspecified atom stereocenters. The molecular formula is C19H13NO3S. The molecule has 4 rings (SSSR count). The minimum absolute atomic E-state index is 0.252. The fraction of sp³-hybridized carbons (Fsp3) is 0.0526. The predicted molar refractivity (Wildman–Crippen MR) is 92.8 cm³/mol. The molecule has 0 fully saturated rings. The first kappa shape index (κ1) is 14.7. The summed E-state index contributed by atoms with van der Waals surface area (Å²) in [6.07, 6.45) is 0. The van der Waals surface area contributed by atoms with Crippen LogP contribution in [0.3, 0.4) is 0 Å². The number of esters is 1. The maximum absolute atomic E-state index is 11.5. The molecular weight excluding hydrogens is 322 g/mol. The summed E-state index contributed by atoms with van der Waals surface area (Å²) in [5.74, 6) is -0.679. The van der Waals surface area contributed by atoms with Crippen LogP contribution in [0.5, 0.6) is 0 Å². The van der Waals surface area contributed by atoms with E-state index in [9.17, 15) is 9.59 Å². The van der Waals surface area contributed by atoms with E-state index in [2.05, 4.69) is 6.07 Å². The number of thiophene rings is 1. The van der Waals surface area contributed by atoms with E-state index in [-0.39, 0.29) is 5.97 Å². The largest absolute Gasteiger partial charge is 0.457 e. The van der Waals surface area contributed by atoms with Crippen LogP contribution >= 0.6 is 11.3 Å². The van der Waals surface area contributed by atoms with E-state index in [1.165, 1.54) is 0 Å². The summed E-state index contributed by atoms with van der Waals surface area (Å²) < 4.78 is 5.05. The number of fused-ring (bicyclic) bond motifs is 1. The van der Waals surface area contributed by atoms with Crippen molar-refractivity contribution in [1.29, 1.82) is 0 Å².